The van der Waals surface area contributed by atoms with E-state index in [2.05, 4.69) is 15.3 Å². The maximum Gasteiger partial charge on any atom is 0.434 e. The minimum absolute atomic E-state index is 0.0220. The summed E-state index contributed by atoms with van der Waals surface area (Å²) >= 11 is 0. The number of carbonyl (C=O) groups is 1. The molecule has 0 aromatic carbocycles. The van der Waals surface area contributed by atoms with Gasteiger partial charge in [0.05, 0.1) is 18.4 Å². The van der Waals surface area contributed by atoms with Crippen LogP contribution in [0, 0.1) is 5.92 Å². The number of piperidine rings is 2. The summed E-state index contributed by atoms with van der Waals surface area (Å²) in [6, 6.07) is 0.102. The Morgan fingerprint density at radius 2 is 2.10 bits per heavy atom. The van der Waals surface area contributed by atoms with Crippen molar-refractivity contribution in [3.05, 3.63) is 18.1 Å². The zero-order valence-electron chi connectivity index (χ0n) is 11.2. The van der Waals surface area contributed by atoms with E-state index in [4.69, 9.17) is 0 Å². The highest BCUT2D eigenvalue weighted by atomic mass is 19.4. The van der Waals surface area contributed by atoms with E-state index in [0.29, 0.717) is 11.7 Å². The van der Waals surface area contributed by atoms with Crippen molar-refractivity contribution in [2.45, 2.75) is 37.5 Å². The van der Waals surface area contributed by atoms with E-state index in [1.54, 1.807) is 4.90 Å². The molecular formula is C13H15F3N4O. The van der Waals surface area contributed by atoms with Gasteiger partial charge in [-0.2, -0.15) is 13.2 Å². The van der Waals surface area contributed by atoms with Crippen molar-refractivity contribution in [1.82, 2.24) is 14.9 Å². The van der Waals surface area contributed by atoms with E-state index >= 15 is 0 Å². The first-order chi connectivity index (χ1) is 9.97. The number of nitrogens with one attached hydrogen (secondary N) is 1. The number of fused-ring (bicyclic) bond motifs is 3. The first-order valence-corrected chi connectivity index (χ1v) is 6.84. The van der Waals surface area contributed by atoms with Crippen molar-refractivity contribution in [2.24, 2.45) is 5.92 Å². The van der Waals surface area contributed by atoms with Gasteiger partial charge in [-0.15, -0.1) is 0 Å². The van der Waals surface area contributed by atoms with E-state index in [1.165, 1.54) is 0 Å². The fourth-order valence-corrected chi connectivity index (χ4v) is 3.25. The van der Waals surface area contributed by atoms with E-state index in [9.17, 15) is 18.0 Å². The maximum atomic E-state index is 12.4. The third kappa shape index (κ3) is 2.79. The SMILES string of the molecule is O=CN1C[C@H]2CC[C@@H]1[C@@H](Nc1cnc(C(F)(F)F)cn1)C2. The van der Waals surface area contributed by atoms with Crippen LogP contribution in [0.15, 0.2) is 12.4 Å². The molecule has 2 aliphatic heterocycles. The van der Waals surface area contributed by atoms with Crippen molar-refractivity contribution in [3.8, 4) is 0 Å². The molecule has 3 aliphatic rings. The van der Waals surface area contributed by atoms with Crippen LogP contribution in [0.1, 0.15) is 25.0 Å². The first kappa shape index (κ1) is 14.1. The van der Waals surface area contributed by atoms with Crippen LogP contribution in [-0.4, -0.2) is 39.9 Å². The van der Waals surface area contributed by atoms with Gasteiger partial charge >= 0.3 is 6.18 Å². The molecule has 2 saturated heterocycles. The topological polar surface area (TPSA) is 58.1 Å². The normalized spacial score (nSPS) is 28.5. The van der Waals surface area contributed by atoms with Crippen LogP contribution in [-0.2, 0) is 11.0 Å². The minimum Gasteiger partial charge on any atom is -0.364 e. The first-order valence-electron chi connectivity index (χ1n) is 6.84. The Hall–Kier alpha value is -1.86. The van der Waals surface area contributed by atoms with Crippen LogP contribution in [0.5, 0.6) is 0 Å². The fraction of sp³-hybridized carbons (Fsp3) is 0.615. The highest BCUT2D eigenvalue weighted by Gasteiger charge is 2.40. The van der Waals surface area contributed by atoms with Crippen LogP contribution in [0.25, 0.3) is 0 Å². The van der Waals surface area contributed by atoms with Crippen LogP contribution < -0.4 is 5.32 Å². The van der Waals surface area contributed by atoms with E-state index in [-0.39, 0.29) is 12.1 Å². The lowest BCUT2D eigenvalue weighted by Crippen LogP contribution is -2.57. The molecular weight excluding hydrogens is 285 g/mol. The molecule has 4 rings (SSSR count). The lowest BCUT2D eigenvalue weighted by atomic mass is 9.77. The average molecular weight is 300 g/mol. The third-order valence-corrected chi connectivity index (χ3v) is 4.23. The molecule has 1 aromatic heterocycles. The highest BCUT2D eigenvalue weighted by Crippen LogP contribution is 2.35. The molecule has 3 fully saturated rings. The van der Waals surface area contributed by atoms with Crippen LogP contribution in [0.4, 0.5) is 19.0 Å². The number of carbonyl (C=O) groups excluding carboxylic acids is 1. The molecule has 1 saturated carbocycles. The lowest BCUT2D eigenvalue weighted by Gasteiger charge is -2.48. The Balaban J connectivity index is 1.70. The standard InChI is InChI=1S/C13H15F3N4O/c14-13(15,16)11-4-18-12(5-17-11)19-9-3-8-1-2-10(9)20(6-8)7-21/h4-5,7-10H,1-3,6H2,(H,18,19)/t8-,9-,10+/m0/s1. The predicted octanol–water partition coefficient (Wildman–Crippen LogP) is 1.92. The van der Waals surface area contributed by atoms with Crippen LogP contribution in [0.2, 0.25) is 0 Å². The van der Waals surface area contributed by atoms with E-state index in [1.807, 2.05) is 0 Å². The smallest absolute Gasteiger partial charge is 0.364 e. The van der Waals surface area contributed by atoms with Crippen molar-refractivity contribution in [2.75, 3.05) is 11.9 Å². The Bertz CT molecular complexity index is 519. The number of anilines is 1. The molecule has 21 heavy (non-hydrogen) atoms. The number of amides is 1. The number of nitrogens with zero attached hydrogens (tertiary/aromatic N) is 3. The molecule has 1 amide bonds. The van der Waals surface area contributed by atoms with Gasteiger partial charge in [0.2, 0.25) is 6.41 Å². The molecule has 1 aliphatic carbocycles. The monoisotopic (exact) mass is 300 g/mol. The molecule has 0 spiro atoms. The van der Waals surface area contributed by atoms with Gasteiger partial charge in [0.1, 0.15) is 5.82 Å². The van der Waals surface area contributed by atoms with Gasteiger partial charge in [-0.05, 0) is 25.2 Å². The van der Waals surface area contributed by atoms with Gasteiger partial charge in [-0.3, -0.25) is 4.79 Å². The second-order valence-corrected chi connectivity index (χ2v) is 5.58. The number of hydrogen-bond acceptors (Lipinski definition) is 4. The molecule has 0 unspecified atom stereocenters. The summed E-state index contributed by atoms with van der Waals surface area (Å²) in [5, 5.41) is 3.11. The van der Waals surface area contributed by atoms with Gasteiger partial charge in [0.15, 0.2) is 5.69 Å². The Morgan fingerprint density at radius 1 is 1.29 bits per heavy atom. The molecule has 2 bridgehead atoms. The summed E-state index contributed by atoms with van der Waals surface area (Å²) in [5.74, 6) is 0.756. The molecule has 1 N–H and O–H groups in total. The molecule has 3 heterocycles. The van der Waals surface area contributed by atoms with Gasteiger partial charge in [0, 0.05) is 12.6 Å². The van der Waals surface area contributed by atoms with Gasteiger partial charge in [0.25, 0.3) is 0 Å². The summed E-state index contributed by atoms with van der Waals surface area (Å²) in [5.41, 5.74) is -1.01. The summed E-state index contributed by atoms with van der Waals surface area (Å²) in [4.78, 5) is 20.0. The average Bonchev–Trinajstić information content (AvgIpc) is 2.47. The predicted molar refractivity (Wildman–Crippen MR) is 68.3 cm³/mol. The van der Waals surface area contributed by atoms with Crippen molar-refractivity contribution < 1.29 is 18.0 Å². The quantitative estimate of drug-likeness (QED) is 0.866. The molecule has 0 radical (unpaired) electrons. The summed E-state index contributed by atoms with van der Waals surface area (Å²) in [6.45, 7) is 0.769. The van der Waals surface area contributed by atoms with Crippen LogP contribution in [0.3, 0.4) is 0 Å². The van der Waals surface area contributed by atoms with Gasteiger partial charge in [-0.1, -0.05) is 0 Å². The van der Waals surface area contributed by atoms with E-state index in [0.717, 1.165) is 44.6 Å². The largest absolute Gasteiger partial charge is 0.434 e. The van der Waals surface area contributed by atoms with Crippen LogP contribution >= 0.6 is 0 Å². The zero-order chi connectivity index (χ0) is 15.0. The van der Waals surface area contributed by atoms with Crippen molar-refractivity contribution in [3.63, 3.8) is 0 Å². The second-order valence-electron chi connectivity index (χ2n) is 5.58. The van der Waals surface area contributed by atoms with Crippen molar-refractivity contribution >= 4 is 12.2 Å². The third-order valence-electron chi connectivity index (χ3n) is 4.23. The molecule has 8 heteroatoms. The number of rotatable bonds is 3. The summed E-state index contributed by atoms with van der Waals surface area (Å²) < 4.78 is 37.3. The summed E-state index contributed by atoms with van der Waals surface area (Å²) in [6.07, 6.45) is 1.09. The molecule has 1 aromatic rings. The minimum atomic E-state index is -4.48. The van der Waals surface area contributed by atoms with Crippen molar-refractivity contribution in [1.29, 1.82) is 0 Å². The number of aromatic nitrogens is 2. The Labute approximate surface area is 119 Å². The zero-order valence-corrected chi connectivity index (χ0v) is 11.2. The number of alkyl halides is 3. The van der Waals surface area contributed by atoms with E-state index < -0.39 is 11.9 Å². The number of hydrogen-bond donors (Lipinski definition) is 1. The maximum absolute atomic E-state index is 12.4. The molecule has 3 atom stereocenters. The second kappa shape index (κ2) is 5.16. The number of halogens is 3. The Kier molecular flexibility index (Phi) is 3.46. The molecule has 5 nitrogen and oxygen atoms in total. The van der Waals surface area contributed by atoms with Gasteiger partial charge < -0.3 is 10.2 Å². The lowest BCUT2D eigenvalue weighted by molar-refractivity contribution is -0.141. The fourth-order valence-electron chi connectivity index (χ4n) is 3.25. The van der Waals surface area contributed by atoms with Gasteiger partial charge in [-0.25, -0.2) is 9.97 Å². The highest BCUT2D eigenvalue weighted by molar-refractivity contribution is 5.49. The summed E-state index contributed by atoms with van der Waals surface area (Å²) in [7, 11) is 0. The molecule has 114 valence electrons. The Morgan fingerprint density at radius 3 is 2.67 bits per heavy atom.